The predicted molar refractivity (Wildman–Crippen MR) is 130 cm³/mol. The van der Waals surface area contributed by atoms with Crippen molar-refractivity contribution in [3.8, 4) is 0 Å². The van der Waals surface area contributed by atoms with Crippen LogP contribution in [0.5, 0.6) is 0 Å². The molecule has 0 aliphatic heterocycles. The van der Waals surface area contributed by atoms with E-state index in [9.17, 15) is 22.8 Å². The van der Waals surface area contributed by atoms with Gasteiger partial charge >= 0.3 is 0 Å². The predicted octanol–water partition coefficient (Wildman–Crippen LogP) is 6.25. The molecular weight excluding hydrogens is 493 g/mol. The molecular formula is C26H28ClF3N4O2. The smallest absolute Gasteiger partial charge is 0.270 e. The molecule has 10 heteroatoms. The molecule has 0 radical (unpaired) electrons. The number of hydrogen-bond donors (Lipinski definition) is 1. The Labute approximate surface area is 212 Å². The van der Waals surface area contributed by atoms with E-state index in [2.05, 4.69) is 22.3 Å². The number of carbonyl (C=O) groups excluding carboxylic acids is 2. The van der Waals surface area contributed by atoms with Crippen LogP contribution in [-0.4, -0.2) is 32.0 Å². The van der Waals surface area contributed by atoms with Gasteiger partial charge < -0.3 is 5.32 Å². The molecule has 2 heterocycles. The number of carbonyl (C=O) groups is 2. The summed E-state index contributed by atoms with van der Waals surface area (Å²) in [4.78, 5) is 27.9. The minimum atomic E-state index is -0.748. The van der Waals surface area contributed by atoms with E-state index in [0.29, 0.717) is 11.0 Å². The second-order valence-corrected chi connectivity index (χ2v) is 10.2. The molecule has 1 N–H and O–H groups in total. The summed E-state index contributed by atoms with van der Waals surface area (Å²) in [6.07, 6.45) is 8.18. The maximum atomic E-state index is 13.7. The first-order chi connectivity index (χ1) is 17.0. The molecule has 6 rings (SSSR count). The summed E-state index contributed by atoms with van der Waals surface area (Å²) in [5.74, 6) is -2.32. The third-order valence-corrected chi connectivity index (χ3v) is 7.81. The third kappa shape index (κ3) is 5.40. The summed E-state index contributed by atoms with van der Waals surface area (Å²) >= 11 is 5.68. The molecule has 1 amide bonds. The van der Waals surface area contributed by atoms with Crippen molar-refractivity contribution in [2.45, 2.75) is 71.0 Å². The summed E-state index contributed by atoms with van der Waals surface area (Å²) in [7, 11) is 0. The van der Waals surface area contributed by atoms with Gasteiger partial charge in [0.2, 0.25) is 0 Å². The van der Waals surface area contributed by atoms with Crippen LogP contribution in [0.15, 0.2) is 30.5 Å². The van der Waals surface area contributed by atoms with E-state index in [4.69, 9.17) is 11.6 Å². The number of ketones is 1. The lowest BCUT2D eigenvalue weighted by atomic mass is 9.58. The van der Waals surface area contributed by atoms with Gasteiger partial charge in [0.15, 0.2) is 17.2 Å². The van der Waals surface area contributed by atoms with Gasteiger partial charge in [-0.1, -0.05) is 31.0 Å². The fraction of sp³-hybridized carbons (Fsp3) is 0.462. The number of hydrogen-bond acceptors (Lipinski definition) is 4. The second kappa shape index (κ2) is 10.2. The fourth-order valence-corrected chi connectivity index (χ4v) is 5.18. The van der Waals surface area contributed by atoms with E-state index >= 15 is 0 Å². The highest BCUT2D eigenvalue weighted by molar-refractivity contribution is 6.30. The van der Waals surface area contributed by atoms with E-state index in [-0.39, 0.29) is 28.6 Å². The first kappa shape index (κ1) is 26.1. The molecule has 36 heavy (non-hydrogen) atoms. The lowest BCUT2D eigenvalue weighted by molar-refractivity contribution is -0.0361. The van der Waals surface area contributed by atoms with Gasteiger partial charge in [0.25, 0.3) is 5.91 Å². The minimum Gasteiger partial charge on any atom is -0.347 e. The van der Waals surface area contributed by atoms with Crippen LogP contribution in [0.4, 0.5) is 13.2 Å². The fourth-order valence-electron chi connectivity index (χ4n) is 4.97. The molecule has 3 saturated carbocycles. The van der Waals surface area contributed by atoms with Crippen LogP contribution < -0.4 is 5.32 Å². The third-order valence-electron chi connectivity index (χ3n) is 7.52. The van der Waals surface area contributed by atoms with E-state index in [1.54, 1.807) is 0 Å². The number of amides is 1. The molecule has 3 fully saturated rings. The topological polar surface area (TPSA) is 76.4 Å². The molecule has 3 aliphatic carbocycles. The van der Waals surface area contributed by atoms with Gasteiger partial charge in [0.05, 0.1) is 11.2 Å². The largest absolute Gasteiger partial charge is 0.347 e. The number of fused-ring (bicyclic) bond motifs is 4. The van der Waals surface area contributed by atoms with E-state index in [1.165, 1.54) is 37.6 Å². The highest BCUT2D eigenvalue weighted by Gasteiger charge is 2.47. The van der Waals surface area contributed by atoms with Crippen LogP contribution in [0.1, 0.15) is 85.3 Å². The highest BCUT2D eigenvalue weighted by atomic mass is 35.5. The first-order valence-electron chi connectivity index (χ1n) is 12.0. The first-order valence-corrected chi connectivity index (χ1v) is 12.4. The van der Waals surface area contributed by atoms with Gasteiger partial charge in [-0.15, -0.1) is 0 Å². The summed E-state index contributed by atoms with van der Waals surface area (Å²) < 4.78 is 41.5. The molecule has 3 aromatic rings. The summed E-state index contributed by atoms with van der Waals surface area (Å²) in [6, 6.07) is 5.26. The monoisotopic (exact) mass is 520 g/mol. The average Bonchev–Trinajstić information content (AvgIpc) is 3.25. The molecule has 0 saturated heterocycles. The van der Waals surface area contributed by atoms with Gasteiger partial charge in [-0.3, -0.25) is 9.59 Å². The molecule has 192 valence electrons. The van der Waals surface area contributed by atoms with Gasteiger partial charge in [0.1, 0.15) is 22.9 Å². The molecule has 2 bridgehead atoms. The van der Waals surface area contributed by atoms with E-state index < -0.39 is 29.0 Å². The van der Waals surface area contributed by atoms with Gasteiger partial charge in [0, 0.05) is 13.5 Å². The Morgan fingerprint density at radius 1 is 1.08 bits per heavy atom. The molecule has 3 aliphatic rings. The zero-order valence-corrected chi connectivity index (χ0v) is 21.0. The van der Waals surface area contributed by atoms with Crippen LogP contribution in [-0.2, 0) is 6.54 Å². The zero-order chi connectivity index (χ0) is 26.1. The summed E-state index contributed by atoms with van der Waals surface area (Å²) in [5, 5.41) is 6.22. The van der Waals surface area contributed by atoms with Crippen LogP contribution >= 0.6 is 11.6 Å². The number of aromatic nitrogens is 3. The Kier molecular flexibility index (Phi) is 7.41. The van der Waals surface area contributed by atoms with Gasteiger partial charge in [-0.25, -0.2) is 22.7 Å². The minimum absolute atomic E-state index is 0.0314. The number of nitrogens with zero attached hydrogens (tertiary/aromatic N) is 3. The van der Waals surface area contributed by atoms with Crippen LogP contribution in [0.25, 0.3) is 5.65 Å². The van der Waals surface area contributed by atoms with Crippen molar-refractivity contribution in [2.75, 3.05) is 0 Å². The molecule has 0 spiro atoms. The van der Waals surface area contributed by atoms with Crippen molar-refractivity contribution in [1.82, 2.24) is 19.9 Å². The Bertz CT molecular complexity index is 1290. The number of benzene rings is 1. The Hall–Kier alpha value is -2.94. The Balaban J connectivity index is 0.000000229. The molecule has 6 nitrogen and oxygen atoms in total. The van der Waals surface area contributed by atoms with Crippen molar-refractivity contribution in [2.24, 2.45) is 5.41 Å². The number of Topliss-reactive ketones (excluding diaryl/α,β-unsaturated/α-hetero) is 1. The van der Waals surface area contributed by atoms with Gasteiger partial charge in [-0.05, 0) is 67.7 Å². The Morgan fingerprint density at radius 3 is 2.33 bits per heavy atom. The van der Waals surface area contributed by atoms with Crippen LogP contribution in [0.2, 0.25) is 5.02 Å². The molecule has 2 aromatic heterocycles. The van der Waals surface area contributed by atoms with Crippen molar-refractivity contribution in [1.29, 1.82) is 0 Å². The molecule has 1 aromatic carbocycles. The standard InChI is InChI=1S/C16H11ClF2N4O2.C10H17F/c1-8(24)14-5-13(22-15-12(19)7-21-23(14)15)16(25)20-6-9-2-3-11(18)10(17)4-9;1-2-9-3-6-10(11,7-4-9)8-5-9/h2-5,7H,6H2,1H3,(H,20,25);2-8H2,1H3. The highest BCUT2D eigenvalue weighted by Crippen LogP contribution is 2.55. The number of halogens is 4. The number of rotatable bonds is 5. The number of alkyl halides is 1. The normalized spacial score (nSPS) is 22.7. The average molecular weight is 521 g/mol. The number of nitrogens with one attached hydrogen (secondary N) is 1. The molecule has 0 unspecified atom stereocenters. The maximum absolute atomic E-state index is 13.7. The van der Waals surface area contributed by atoms with Crippen molar-refractivity contribution in [3.05, 3.63) is 64.1 Å². The lowest BCUT2D eigenvalue weighted by Crippen LogP contribution is -2.42. The van der Waals surface area contributed by atoms with Crippen molar-refractivity contribution >= 4 is 28.9 Å². The maximum Gasteiger partial charge on any atom is 0.270 e. The van der Waals surface area contributed by atoms with Crippen LogP contribution in [0.3, 0.4) is 0 Å². The molecule has 0 atom stereocenters. The Morgan fingerprint density at radius 2 is 1.75 bits per heavy atom. The summed E-state index contributed by atoms with van der Waals surface area (Å²) in [5.41, 5.74) is 0.0742. The van der Waals surface area contributed by atoms with Crippen molar-refractivity contribution in [3.63, 3.8) is 0 Å². The van der Waals surface area contributed by atoms with Gasteiger partial charge in [-0.2, -0.15) is 5.10 Å². The zero-order valence-electron chi connectivity index (χ0n) is 20.2. The summed E-state index contributed by atoms with van der Waals surface area (Å²) in [6.45, 7) is 3.59. The lowest BCUT2D eigenvalue weighted by Gasteiger charge is -2.49. The van der Waals surface area contributed by atoms with E-state index in [0.717, 1.165) is 49.2 Å². The van der Waals surface area contributed by atoms with Crippen LogP contribution in [0, 0.1) is 17.0 Å². The SMILES string of the molecule is CC(=O)c1cc(C(=O)NCc2ccc(F)c(Cl)c2)nc2c(F)cnn12.CCC12CCC(F)(CC1)CC2. The second-order valence-electron chi connectivity index (χ2n) is 9.75. The van der Waals surface area contributed by atoms with Crippen molar-refractivity contribution < 1.29 is 22.8 Å². The quantitative estimate of drug-likeness (QED) is 0.403. The van der Waals surface area contributed by atoms with E-state index in [1.807, 2.05) is 0 Å².